The van der Waals surface area contributed by atoms with E-state index < -0.39 is 18.0 Å². The Morgan fingerprint density at radius 3 is 2.67 bits per heavy atom. The summed E-state index contributed by atoms with van der Waals surface area (Å²) in [7, 11) is 1.63. The second-order valence-electron chi connectivity index (χ2n) is 5.90. The van der Waals surface area contributed by atoms with Crippen LogP contribution in [0, 0.1) is 6.92 Å². The first kappa shape index (κ1) is 14.1. The molecule has 1 aliphatic rings. The molecule has 2 aromatic heterocycles. The smallest absolute Gasteiger partial charge is 0.294 e. The number of halogens is 3. The molecule has 1 atom stereocenters. The molecule has 0 aliphatic carbocycles. The summed E-state index contributed by atoms with van der Waals surface area (Å²) in [5.41, 5.74) is -0.191. The Morgan fingerprint density at radius 1 is 1.38 bits per heavy atom. The monoisotopic (exact) mass is 300 g/mol. The maximum atomic E-state index is 12.8. The molecule has 0 radical (unpaired) electrons. The molecule has 0 spiro atoms. The molecule has 1 unspecified atom stereocenters. The summed E-state index contributed by atoms with van der Waals surface area (Å²) in [6, 6.07) is 0. The summed E-state index contributed by atoms with van der Waals surface area (Å²) in [4.78, 5) is 16.8. The van der Waals surface area contributed by atoms with Crippen LogP contribution >= 0.6 is 0 Å². The van der Waals surface area contributed by atoms with Gasteiger partial charge in [-0.3, -0.25) is 14.0 Å². The van der Waals surface area contributed by atoms with E-state index in [9.17, 15) is 18.0 Å². The van der Waals surface area contributed by atoms with Gasteiger partial charge in [0, 0.05) is 19.0 Å². The zero-order chi connectivity index (χ0) is 15.6. The molecule has 2 aromatic rings. The lowest BCUT2D eigenvalue weighted by atomic mass is 9.84. The van der Waals surface area contributed by atoms with Crippen molar-refractivity contribution in [1.29, 1.82) is 0 Å². The zero-order valence-corrected chi connectivity index (χ0v) is 12.0. The largest absolute Gasteiger partial charge is 0.390 e. The standard InChI is InChI=1S/C13H15F3N4O/c1-7-8-9(19(3)18-7)10(21)20-5-4-12(2,11(20)17-8)6-13(14,15)16/h4-6H2,1-3H3. The van der Waals surface area contributed by atoms with Crippen molar-refractivity contribution in [3.63, 3.8) is 0 Å². The highest BCUT2D eigenvalue weighted by atomic mass is 19.4. The van der Waals surface area contributed by atoms with Gasteiger partial charge in [0.15, 0.2) is 5.52 Å². The molecule has 0 saturated carbocycles. The summed E-state index contributed by atoms with van der Waals surface area (Å²) in [6.07, 6.45) is -5.00. The maximum Gasteiger partial charge on any atom is 0.390 e. The van der Waals surface area contributed by atoms with Crippen LogP contribution in [0.25, 0.3) is 11.0 Å². The van der Waals surface area contributed by atoms with Gasteiger partial charge in [-0.05, 0) is 13.3 Å². The summed E-state index contributed by atoms with van der Waals surface area (Å²) < 4.78 is 41.2. The van der Waals surface area contributed by atoms with E-state index in [1.165, 1.54) is 16.2 Å². The summed E-state index contributed by atoms with van der Waals surface area (Å²) >= 11 is 0. The Labute approximate surface area is 118 Å². The van der Waals surface area contributed by atoms with E-state index in [0.29, 0.717) is 16.7 Å². The molecule has 3 rings (SSSR count). The van der Waals surface area contributed by atoms with Crippen molar-refractivity contribution in [2.24, 2.45) is 7.05 Å². The zero-order valence-electron chi connectivity index (χ0n) is 12.0. The van der Waals surface area contributed by atoms with Crippen LogP contribution in [-0.4, -0.2) is 25.5 Å². The molecule has 0 bridgehead atoms. The Bertz CT molecular complexity index is 789. The fraction of sp³-hybridized carbons (Fsp3) is 0.615. The summed E-state index contributed by atoms with van der Waals surface area (Å²) in [5.74, 6) is 0.216. The van der Waals surface area contributed by atoms with Gasteiger partial charge in [-0.15, -0.1) is 0 Å². The average molecular weight is 300 g/mol. The van der Waals surface area contributed by atoms with Gasteiger partial charge in [-0.25, -0.2) is 4.98 Å². The average Bonchev–Trinajstić information content (AvgIpc) is 2.78. The van der Waals surface area contributed by atoms with Gasteiger partial charge in [0.25, 0.3) is 5.56 Å². The number of nitrogens with zero attached hydrogens (tertiary/aromatic N) is 4. The van der Waals surface area contributed by atoms with Gasteiger partial charge in [-0.1, -0.05) is 6.92 Å². The van der Waals surface area contributed by atoms with Crippen LogP contribution in [0.1, 0.15) is 31.3 Å². The minimum atomic E-state index is -4.29. The van der Waals surface area contributed by atoms with Crippen molar-refractivity contribution < 1.29 is 13.2 Å². The molecule has 0 fully saturated rings. The molecule has 0 saturated heterocycles. The second kappa shape index (κ2) is 4.08. The number of rotatable bonds is 1. The summed E-state index contributed by atoms with van der Waals surface area (Å²) in [6.45, 7) is 3.47. The first-order chi connectivity index (χ1) is 9.62. The first-order valence-corrected chi connectivity index (χ1v) is 6.64. The number of aromatic nitrogens is 4. The number of hydrogen-bond donors (Lipinski definition) is 0. The summed E-state index contributed by atoms with van der Waals surface area (Å²) in [5, 5.41) is 4.13. The predicted octanol–water partition coefficient (Wildman–Crippen LogP) is 2.05. The third kappa shape index (κ3) is 2.04. The number of hydrogen-bond acceptors (Lipinski definition) is 3. The lowest BCUT2D eigenvalue weighted by molar-refractivity contribution is -0.147. The number of aryl methyl sites for hydroxylation is 2. The normalized spacial score (nSPS) is 22.0. The molecule has 5 nitrogen and oxygen atoms in total. The van der Waals surface area contributed by atoms with Gasteiger partial charge in [0.1, 0.15) is 11.3 Å². The minimum Gasteiger partial charge on any atom is -0.294 e. The molecular weight excluding hydrogens is 285 g/mol. The van der Waals surface area contributed by atoms with Gasteiger partial charge in [-0.2, -0.15) is 18.3 Å². The lowest BCUT2D eigenvalue weighted by Crippen LogP contribution is -2.31. The van der Waals surface area contributed by atoms with Crippen molar-refractivity contribution in [1.82, 2.24) is 19.3 Å². The number of alkyl halides is 3. The van der Waals surface area contributed by atoms with Crippen LogP contribution in [0.4, 0.5) is 13.2 Å². The van der Waals surface area contributed by atoms with Gasteiger partial charge >= 0.3 is 6.18 Å². The van der Waals surface area contributed by atoms with Crippen LogP contribution in [0.2, 0.25) is 0 Å². The molecule has 0 aromatic carbocycles. The van der Waals surface area contributed by atoms with Crippen molar-refractivity contribution in [3.8, 4) is 0 Å². The highest BCUT2D eigenvalue weighted by Gasteiger charge is 2.46. The third-order valence-corrected chi connectivity index (χ3v) is 4.13. The fourth-order valence-corrected chi connectivity index (χ4v) is 3.16. The van der Waals surface area contributed by atoms with Crippen molar-refractivity contribution in [2.45, 2.75) is 44.8 Å². The van der Waals surface area contributed by atoms with E-state index in [1.54, 1.807) is 14.0 Å². The fourth-order valence-electron chi connectivity index (χ4n) is 3.16. The Kier molecular flexibility index (Phi) is 2.74. The van der Waals surface area contributed by atoms with Crippen LogP contribution in [-0.2, 0) is 19.0 Å². The van der Waals surface area contributed by atoms with E-state index in [0.717, 1.165) is 0 Å². The topological polar surface area (TPSA) is 52.7 Å². The van der Waals surface area contributed by atoms with Crippen molar-refractivity contribution in [2.75, 3.05) is 0 Å². The highest BCUT2D eigenvalue weighted by Crippen LogP contribution is 2.41. The SMILES string of the molecule is Cc1nn(C)c2c(=O)n3c(nc12)C(C)(CC(F)(F)F)CC3. The maximum absolute atomic E-state index is 12.8. The first-order valence-electron chi connectivity index (χ1n) is 6.64. The van der Waals surface area contributed by atoms with E-state index in [4.69, 9.17) is 0 Å². The minimum absolute atomic E-state index is 0.216. The van der Waals surface area contributed by atoms with Crippen LogP contribution < -0.4 is 5.56 Å². The molecular formula is C13H15F3N4O. The molecule has 114 valence electrons. The Morgan fingerprint density at radius 2 is 2.05 bits per heavy atom. The molecule has 3 heterocycles. The van der Waals surface area contributed by atoms with Crippen LogP contribution in [0.15, 0.2) is 4.79 Å². The lowest BCUT2D eigenvalue weighted by Gasteiger charge is -2.24. The van der Waals surface area contributed by atoms with Gasteiger partial charge in [0.2, 0.25) is 0 Å². The van der Waals surface area contributed by atoms with E-state index in [1.807, 2.05) is 0 Å². The molecule has 1 aliphatic heterocycles. The van der Waals surface area contributed by atoms with Crippen LogP contribution in [0.3, 0.4) is 0 Å². The van der Waals surface area contributed by atoms with Crippen molar-refractivity contribution >= 4 is 11.0 Å². The van der Waals surface area contributed by atoms with E-state index in [-0.39, 0.29) is 24.3 Å². The Balaban J connectivity index is 2.26. The van der Waals surface area contributed by atoms with Crippen LogP contribution in [0.5, 0.6) is 0 Å². The molecule has 8 heteroatoms. The molecule has 21 heavy (non-hydrogen) atoms. The number of fused-ring (bicyclic) bond motifs is 2. The quantitative estimate of drug-likeness (QED) is 0.810. The molecule has 0 N–H and O–H groups in total. The highest BCUT2D eigenvalue weighted by molar-refractivity contribution is 5.76. The van der Waals surface area contributed by atoms with Crippen molar-refractivity contribution in [3.05, 3.63) is 21.9 Å². The third-order valence-electron chi connectivity index (χ3n) is 4.13. The Hall–Kier alpha value is -1.86. The predicted molar refractivity (Wildman–Crippen MR) is 70.1 cm³/mol. The van der Waals surface area contributed by atoms with E-state index in [2.05, 4.69) is 10.1 Å². The van der Waals surface area contributed by atoms with E-state index >= 15 is 0 Å². The van der Waals surface area contributed by atoms with Gasteiger partial charge in [0.05, 0.1) is 12.1 Å². The van der Waals surface area contributed by atoms with Gasteiger partial charge < -0.3 is 0 Å². The second-order valence-corrected chi connectivity index (χ2v) is 5.90. The molecule has 0 amide bonds.